The van der Waals surface area contributed by atoms with Crippen molar-refractivity contribution in [2.45, 2.75) is 30.2 Å². The Bertz CT molecular complexity index is 782. The number of hydrogen-bond donors (Lipinski definition) is 0. The average molecular weight is 325 g/mol. The molecule has 4 nitrogen and oxygen atoms in total. The number of furan rings is 1. The summed E-state index contributed by atoms with van der Waals surface area (Å²) in [4.78, 5) is 12.0. The maximum atomic E-state index is 5.43. The van der Waals surface area contributed by atoms with Crippen LogP contribution < -0.4 is 0 Å². The lowest BCUT2D eigenvalue weighted by molar-refractivity contribution is 0.322. The van der Waals surface area contributed by atoms with Crippen LogP contribution in [-0.2, 0) is 12.3 Å². The van der Waals surface area contributed by atoms with Crippen molar-refractivity contribution >= 4 is 22.7 Å². The van der Waals surface area contributed by atoms with Gasteiger partial charge in [0, 0.05) is 5.39 Å². The molecular formula is C18H19N3OS. The van der Waals surface area contributed by atoms with Gasteiger partial charge in [0.15, 0.2) is 0 Å². The lowest BCUT2D eigenvalue weighted by Gasteiger charge is -2.14. The van der Waals surface area contributed by atoms with Crippen LogP contribution in [0.15, 0.2) is 52.1 Å². The molecule has 0 spiro atoms. The lowest BCUT2D eigenvalue weighted by atomic mass is 10.2. The molecule has 5 heteroatoms. The van der Waals surface area contributed by atoms with E-state index in [0.29, 0.717) is 0 Å². The third-order valence-electron chi connectivity index (χ3n) is 4.11. The van der Waals surface area contributed by atoms with E-state index in [0.717, 1.165) is 52.9 Å². The van der Waals surface area contributed by atoms with Gasteiger partial charge in [0.2, 0.25) is 0 Å². The summed E-state index contributed by atoms with van der Waals surface area (Å²) < 4.78 is 5.43. The summed E-state index contributed by atoms with van der Waals surface area (Å²) in [6.07, 6.45) is 4.29. The van der Waals surface area contributed by atoms with Crippen LogP contribution in [0.1, 0.15) is 24.4 Å². The highest BCUT2D eigenvalue weighted by atomic mass is 32.2. The monoisotopic (exact) mass is 325 g/mol. The molecular weight excluding hydrogens is 306 g/mol. The maximum absolute atomic E-state index is 5.43. The van der Waals surface area contributed by atoms with E-state index in [1.165, 1.54) is 12.8 Å². The Hall–Kier alpha value is -1.85. The van der Waals surface area contributed by atoms with Crippen molar-refractivity contribution in [1.29, 1.82) is 0 Å². The minimum atomic E-state index is 0.789. The van der Waals surface area contributed by atoms with Gasteiger partial charge >= 0.3 is 0 Å². The molecule has 0 bridgehead atoms. The Morgan fingerprint density at radius 2 is 1.91 bits per heavy atom. The highest BCUT2D eigenvalue weighted by Gasteiger charge is 2.15. The zero-order valence-electron chi connectivity index (χ0n) is 12.9. The fourth-order valence-electron chi connectivity index (χ4n) is 2.95. The molecule has 118 valence electrons. The molecule has 2 aromatic heterocycles. The summed E-state index contributed by atoms with van der Waals surface area (Å²) in [6.45, 7) is 3.16. The van der Waals surface area contributed by atoms with E-state index in [1.807, 2.05) is 24.3 Å². The van der Waals surface area contributed by atoms with Crippen LogP contribution in [-0.4, -0.2) is 28.0 Å². The van der Waals surface area contributed by atoms with Crippen LogP contribution in [0.4, 0.5) is 0 Å². The van der Waals surface area contributed by atoms with Crippen LogP contribution in [0, 0.1) is 0 Å². The fourth-order valence-corrected chi connectivity index (χ4v) is 3.89. The smallest absolute Gasteiger partial charge is 0.144 e. The standard InChI is InChI=1S/C18H19N3OS/c1-2-8-16-15(7-1)18(23-13-14-6-5-11-22-14)20-17(19-16)12-21-9-3-4-10-21/h1-2,5-8,11H,3-4,9-10,12-13H2. The number of thioether (sulfide) groups is 1. The van der Waals surface area contributed by atoms with Gasteiger partial charge in [-0.25, -0.2) is 9.97 Å². The SMILES string of the molecule is c1coc(CSc2nc(CN3CCCC3)nc3ccccc23)c1. The molecule has 1 aliphatic rings. The molecule has 1 aliphatic heterocycles. The number of fused-ring (bicyclic) bond motifs is 1. The second kappa shape index (κ2) is 6.72. The predicted octanol–water partition coefficient (Wildman–Crippen LogP) is 4.11. The van der Waals surface area contributed by atoms with Crippen molar-refractivity contribution in [3.05, 3.63) is 54.2 Å². The van der Waals surface area contributed by atoms with Gasteiger partial charge in [0.05, 0.1) is 24.1 Å². The number of para-hydroxylation sites is 1. The maximum Gasteiger partial charge on any atom is 0.144 e. The molecule has 1 aromatic carbocycles. The first-order valence-electron chi connectivity index (χ1n) is 8.02. The Kier molecular flexibility index (Phi) is 4.30. The van der Waals surface area contributed by atoms with Crippen molar-refractivity contribution < 1.29 is 4.42 Å². The zero-order valence-corrected chi connectivity index (χ0v) is 13.8. The molecule has 0 aliphatic carbocycles. The Balaban J connectivity index is 1.62. The van der Waals surface area contributed by atoms with Gasteiger partial charge in [-0.1, -0.05) is 30.0 Å². The van der Waals surface area contributed by atoms with Crippen LogP contribution in [0.5, 0.6) is 0 Å². The molecule has 23 heavy (non-hydrogen) atoms. The van der Waals surface area contributed by atoms with Crippen molar-refractivity contribution in [3.8, 4) is 0 Å². The minimum absolute atomic E-state index is 0.789. The molecule has 0 atom stereocenters. The molecule has 0 amide bonds. The van der Waals surface area contributed by atoms with Gasteiger partial charge in [-0.15, -0.1) is 0 Å². The van der Waals surface area contributed by atoms with E-state index in [1.54, 1.807) is 18.0 Å². The first kappa shape index (κ1) is 14.7. The third kappa shape index (κ3) is 3.41. The number of hydrogen-bond acceptors (Lipinski definition) is 5. The molecule has 0 unspecified atom stereocenters. The first-order valence-corrected chi connectivity index (χ1v) is 9.00. The summed E-state index contributed by atoms with van der Waals surface area (Å²) in [5.74, 6) is 2.68. The molecule has 3 heterocycles. The highest BCUT2D eigenvalue weighted by Crippen LogP contribution is 2.28. The highest BCUT2D eigenvalue weighted by molar-refractivity contribution is 7.98. The van der Waals surface area contributed by atoms with Crippen molar-refractivity contribution in [3.63, 3.8) is 0 Å². The van der Waals surface area contributed by atoms with Gasteiger partial charge < -0.3 is 4.42 Å². The second-order valence-corrected chi connectivity index (χ2v) is 6.78. The molecule has 1 saturated heterocycles. The number of likely N-dealkylation sites (tertiary alicyclic amines) is 1. The van der Waals surface area contributed by atoms with Crippen molar-refractivity contribution in [1.82, 2.24) is 14.9 Å². The second-order valence-electron chi connectivity index (χ2n) is 5.81. The topological polar surface area (TPSA) is 42.2 Å². The number of benzene rings is 1. The van der Waals surface area contributed by atoms with Gasteiger partial charge in [0.1, 0.15) is 16.6 Å². The van der Waals surface area contributed by atoms with E-state index in [-0.39, 0.29) is 0 Å². The Morgan fingerprint density at radius 3 is 2.74 bits per heavy atom. The van der Waals surface area contributed by atoms with Gasteiger partial charge in [-0.05, 0) is 44.1 Å². The Morgan fingerprint density at radius 1 is 1.04 bits per heavy atom. The first-order chi connectivity index (χ1) is 11.4. The largest absolute Gasteiger partial charge is 0.468 e. The normalized spacial score (nSPS) is 15.5. The molecule has 1 fully saturated rings. The van der Waals surface area contributed by atoms with E-state index in [4.69, 9.17) is 14.4 Å². The van der Waals surface area contributed by atoms with Crippen molar-refractivity contribution in [2.24, 2.45) is 0 Å². The zero-order chi connectivity index (χ0) is 15.5. The lowest BCUT2D eigenvalue weighted by Crippen LogP contribution is -2.20. The van der Waals surface area contributed by atoms with Crippen LogP contribution >= 0.6 is 11.8 Å². The van der Waals surface area contributed by atoms with Crippen LogP contribution in [0.3, 0.4) is 0 Å². The number of nitrogens with zero attached hydrogens (tertiary/aromatic N) is 3. The summed E-state index contributed by atoms with van der Waals surface area (Å²) in [5, 5.41) is 2.16. The van der Waals surface area contributed by atoms with Crippen LogP contribution in [0.25, 0.3) is 10.9 Å². The number of aromatic nitrogens is 2. The minimum Gasteiger partial charge on any atom is -0.468 e. The fraction of sp³-hybridized carbons (Fsp3) is 0.333. The van der Waals surface area contributed by atoms with E-state index >= 15 is 0 Å². The quantitative estimate of drug-likeness (QED) is 0.521. The van der Waals surface area contributed by atoms with Crippen molar-refractivity contribution in [2.75, 3.05) is 13.1 Å². The summed E-state index contributed by atoms with van der Waals surface area (Å²) >= 11 is 1.72. The third-order valence-corrected chi connectivity index (χ3v) is 5.12. The van der Waals surface area contributed by atoms with Gasteiger partial charge in [0.25, 0.3) is 0 Å². The molecule has 0 saturated carbocycles. The van der Waals surface area contributed by atoms with Gasteiger partial charge in [-0.3, -0.25) is 4.90 Å². The van der Waals surface area contributed by atoms with E-state index in [2.05, 4.69) is 17.0 Å². The molecule has 0 N–H and O–H groups in total. The number of rotatable bonds is 5. The molecule has 0 radical (unpaired) electrons. The van der Waals surface area contributed by atoms with Gasteiger partial charge in [-0.2, -0.15) is 0 Å². The summed E-state index contributed by atoms with van der Waals surface area (Å²) in [5.41, 5.74) is 1.03. The molecule has 4 rings (SSSR count). The summed E-state index contributed by atoms with van der Waals surface area (Å²) in [7, 11) is 0. The Labute approximate surface area is 139 Å². The summed E-state index contributed by atoms with van der Waals surface area (Å²) in [6, 6.07) is 12.2. The van der Waals surface area contributed by atoms with Crippen LogP contribution in [0.2, 0.25) is 0 Å². The average Bonchev–Trinajstić information content (AvgIpc) is 3.26. The van der Waals surface area contributed by atoms with E-state index < -0.39 is 0 Å². The molecule has 3 aromatic rings. The van der Waals surface area contributed by atoms with E-state index in [9.17, 15) is 0 Å². The predicted molar refractivity (Wildman–Crippen MR) is 92.3 cm³/mol.